The molecule has 0 unspecified atom stereocenters. The van der Waals surface area contributed by atoms with Crippen LogP contribution in [0.3, 0.4) is 0 Å². The number of methoxy groups -OCH3 is 1. The van der Waals surface area contributed by atoms with Crippen LogP contribution in [-0.2, 0) is 14.8 Å². The van der Waals surface area contributed by atoms with Gasteiger partial charge in [0.25, 0.3) is 10.0 Å². The average molecular weight is 264 g/mol. The molecule has 88 valence electrons. The molecule has 0 spiro atoms. The highest BCUT2D eigenvalue weighted by Gasteiger charge is 2.16. The zero-order valence-corrected chi connectivity index (χ0v) is 10.0. The number of carbonyl (C=O) groups excluding carboxylic acids is 1. The molecule has 7 heteroatoms. The van der Waals surface area contributed by atoms with Gasteiger partial charge in [0, 0.05) is 0 Å². The fourth-order valence-corrected chi connectivity index (χ4v) is 2.12. The van der Waals surface area contributed by atoms with Crippen LogP contribution in [0.1, 0.15) is 0 Å². The van der Waals surface area contributed by atoms with Crippen molar-refractivity contribution in [2.75, 3.05) is 13.0 Å². The van der Waals surface area contributed by atoms with Crippen molar-refractivity contribution in [1.29, 1.82) is 0 Å². The van der Waals surface area contributed by atoms with E-state index in [-0.39, 0.29) is 4.90 Å². The van der Waals surface area contributed by atoms with Crippen LogP contribution in [-0.4, -0.2) is 27.3 Å². The molecule has 0 saturated heterocycles. The van der Waals surface area contributed by atoms with E-state index < -0.39 is 21.8 Å². The fourth-order valence-electron chi connectivity index (χ4n) is 0.991. The summed E-state index contributed by atoms with van der Waals surface area (Å²) in [5, 5.41) is 0. The maximum atomic E-state index is 11.6. The van der Waals surface area contributed by atoms with E-state index >= 15 is 0 Å². The number of rotatable bonds is 4. The Morgan fingerprint density at radius 1 is 1.38 bits per heavy atom. The van der Waals surface area contributed by atoms with E-state index in [1.807, 2.05) is 4.72 Å². The van der Waals surface area contributed by atoms with Crippen molar-refractivity contribution in [2.24, 2.45) is 0 Å². The molecule has 1 aromatic rings. The number of halogens is 1. The molecule has 0 radical (unpaired) electrons. The first-order valence-electron chi connectivity index (χ1n) is 4.25. The first-order valence-corrected chi connectivity index (χ1v) is 6.27. The molecule has 0 heterocycles. The van der Waals surface area contributed by atoms with Gasteiger partial charge in [0.1, 0.15) is 11.6 Å². The molecule has 1 aromatic carbocycles. The molecule has 1 N–H and O–H groups in total. The minimum Gasteiger partial charge on any atom is -0.497 e. The third-order valence-electron chi connectivity index (χ3n) is 1.74. The van der Waals surface area contributed by atoms with Gasteiger partial charge in [-0.15, -0.1) is 11.6 Å². The van der Waals surface area contributed by atoms with Crippen LogP contribution in [0, 0.1) is 0 Å². The van der Waals surface area contributed by atoms with E-state index in [1.54, 1.807) is 0 Å². The zero-order valence-electron chi connectivity index (χ0n) is 8.44. The molecule has 0 bridgehead atoms. The second-order valence-corrected chi connectivity index (χ2v) is 4.79. The SMILES string of the molecule is COc1ccc(S(=O)(=O)NC(=O)CCl)cc1. The molecule has 0 aliphatic rings. The quantitative estimate of drug-likeness (QED) is 0.814. The summed E-state index contributed by atoms with van der Waals surface area (Å²) in [4.78, 5) is 10.9. The van der Waals surface area contributed by atoms with Crippen LogP contribution >= 0.6 is 11.6 Å². The van der Waals surface area contributed by atoms with Crippen molar-refractivity contribution in [3.05, 3.63) is 24.3 Å². The molecule has 16 heavy (non-hydrogen) atoms. The lowest BCUT2D eigenvalue weighted by atomic mass is 10.3. The molecule has 0 fully saturated rings. The zero-order chi connectivity index (χ0) is 12.2. The number of nitrogens with one attached hydrogen (secondary N) is 1. The van der Waals surface area contributed by atoms with Gasteiger partial charge in [0.2, 0.25) is 5.91 Å². The molecule has 5 nitrogen and oxygen atoms in total. The van der Waals surface area contributed by atoms with Gasteiger partial charge >= 0.3 is 0 Å². The fraction of sp³-hybridized carbons (Fsp3) is 0.222. The Morgan fingerprint density at radius 2 is 1.94 bits per heavy atom. The van der Waals surface area contributed by atoms with Gasteiger partial charge in [-0.05, 0) is 24.3 Å². The number of sulfonamides is 1. The molecule has 0 aliphatic carbocycles. The van der Waals surface area contributed by atoms with Crippen LogP contribution in [0.5, 0.6) is 5.75 Å². The summed E-state index contributed by atoms with van der Waals surface area (Å²) in [6, 6.07) is 5.64. The molecule has 0 aliphatic heterocycles. The van der Waals surface area contributed by atoms with Crippen molar-refractivity contribution < 1.29 is 17.9 Å². The number of amides is 1. The lowest BCUT2D eigenvalue weighted by Gasteiger charge is -2.05. The van der Waals surface area contributed by atoms with E-state index in [4.69, 9.17) is 16.3 Å². The van der Waals surface area contributed by atoms with Gasteiger partial charge in [-0.1, -0.05) is 0 Å². The lowest BCUT2D eigenvalue weighted by Crippen LogP contribution is -2.31. The first kappa shape index (κ1) is 12.8. The highest BCUT2D eigenvalue weighted by Crippen LogP contribution is 2.15. The Bertz CT molecular complexity index is 469. The number of hydrogen-bond donors (Lipinski definition) is 1. The number of benzene rings is 1. The summed E-state index contributed by atoms with van der Waals surface area (Å²) in [6.07, 6.45) is 0. The van der Waals surface area contributed by atoms with Gasteiger partial charge < -0.3 is 4.74 Å². The Hall–Kier alpha value is -1.27. The van der Waals surface area contributed by atoms with Gasteiger partial charge in [-0.3, -0.25) is 4.79 Å². The maximum Gasteiger partial charge on any atom is 0.264 e. The predicted molar refractivity (Wildman–Crippen MR) is 59.0 cm³/mol. The van der Waals surface area contributed by atoms with Crippen LogP contribution in [0.4, 0.5) is 0 Å². The molecule has 0 aromatic heterocycles. The minimum atomic E-state index is -3.84. The Kier molecular flexibility index (Phi) is 4.14. The second-order valence-electron chi connectivity index (χ2n) is 2.84. The van der Waals surface area contributed by atoms with E-state index in [9.17, 15) is 13.2 Å². The number of carbonyl (C=O) groups is 1. The van der Waals surface area contributed by atoms with Crippen molar-refractivity contribution in [2.45, 2.75) is 4.90 Å². The standard InChI is InChI=1S/C9H10ClNO4S/c1-15-7-2-4-8(5-3-7)16(13,14)11-9(12)6-10/h2-5H,6H2,1H3,(H,11,12). The minimum absolute atomic E-state index is 0.0215. The highest BCUT2D eigenvalue weighted by atomic mass is 35.5. The summed E-state index contributed by atoms with van der Waals surface area (Å²) in [5.41, 5.74) is 0. The molecule has 0 saturated carbocycles. The van der Waals surface area contributed by atoms with E-state index in [1.165, 1.54) is 31.4 Å². The summed E-state index contributed by atoms with van der Waals surface area (Å²) in [7, 11) is -2.37. The van der Waals surface area contributed by atoms with Crippen LogP contribution in [0.25, 0.3) is 0 Å². The van der Waals surface area contributed by atoms with Gasteiger partial charge in [0.15, 0.2) is 0 Å². The maximum absolute atomic E-state index is 11.6. The number of ether oxygens (including phenoxy) is 1. The summed E-state index contributed by atoms with van der Waals surface area (Å²) >= 11 is 5.20. The summed E-state index contributed by atoms with van der Waals surface area (Å²) in [6.45, 7) is 0. The normalized spacial score (nSPS) is 10.9. The first-order chi connectivity index (χ1) is 7.49. The third kappa shape index (κ3) is 3.11. The van der Waals surface area contributed by atoms with Crippen molar-refractivity contribution in [3.63, 3.8) is 0 Å². The van der Waals surface area contributed by atoms with Crippen molar-refractivity contribution in [1.82, 2.24) is 4.72 Å². The summed E-state index contributed by atoms with van der Waals surface area (Å²) < 4.78 is 29.8. The number of alkyl halides is 1. The molecular formula is C9H10ClNO4S. The Labute approximate surface area is 98.4 Å². The molecular weight excluding hydrogens is 254 g/mol. The molecule has 1 amide bonds. The predicted octanol–water partition coefficient (Wildman–Crippen LogP) is 0.739. The lowest BCUT2D eigenvalue weighted by molar-refractivity contribution is -0.116. The Morgan fingerprint density at radius 3 is 2.38 bits per heavy atom. The largest absolute Gasteiger partial charge is 0.497 e. The van der Waals surface area contributed by atoms with Crippen LogP contribution in [0.15, 0.2) is 29.2 Å². The third-order valence-corrected chi connectivity index (χ3v) is 3.37. The highest BCUT2D eigenvalue weighted by molar-refractivity contribution is 7.90. The van der Waals surface area contributed by atoms with Crippen LogP contribution < -0.4 is 9.46 Å². The number of hydrogen-bond acceptors (Lipinski definition) is 4. The summed E-state index contributed by atoms with van der Waals surface area (Å²) in [5.74, 6) is -0.643. The molecule has 1 rings (SSSR count). The second kappa shape index (κ2) is 5.18. The van der Waals surface area contributed by atoms with Gasteiger partial charge in [-0.25, -0.2) is 13.1 Å². The topological polar surface area (TPSA) is 72.5 Å². The van der Waals surface area contributed by atoms with Gasteiger partial charge in [0.05, 0.1) is 12.0 Å². The van der Waals surface area contributed by atoms with Crippen molar-refractivity contribution >= 4 is 27.5 Å². The smallest absolute Gasteiger partial charge is 0.264 e. The van der Waals surface area contributed by atoms with E-state index in [0.717, 1.165) is 0 Å². The Balaban J connectivity index is 2.94. The van der Waals surface area contributed by atoms with Gasteiger partial charge in [-0.2, -0.15) is 0 Å². The monoisotopic (exact) mass is 263 g/mol. The van der Waals surface area contributed by atoms with E-state index in [0.29, 0.717) is 5.75 Å². The average Bonchev–Trinajstić information content (AvgIpc) is 2.28. The molecule has 0 atom stereocenters. The van der Waals surface area contributed by atoms with E-state index in [2.05, 4.69) is 0 Å². The van der Waals surface area contributed by atoms with Crippen molar-refractivity contribution in [3.8, 4) is 5.75 Å². The van der Waals surface area contributed by atoms with Crippen LogP contribution in [0.2, 0.25) is 0 Å².